The molecule has 4 nitrogen and oxygen atoms in total. The lowest BCUT2D eigenvalue weighted by Gasteiger charge is -2.12. The molecule has 2 rings (SSSR count). The van der Waals surface area contributed by atoms with E-state index < -0.39 is 11.7 Å². The number of benzene rings is 1. The number of carbonyl (C=O) groups excluding carboxylic acids is 1. The van der Waals surface area contributed by atoms with Crippen molar-refractivity contribution < 1.29 is 18.0 Å². The van der Waals surface area contributed by atoms with Gasteiger partial charge in [0, 0.05) is 24.6 Å². The van der Waals surface area contributed by atoms with E-state index in [9.17, 15) is 18.0 Å². The Morgan fingerprint density at radius 1 is 1.26 bits per heavy atom. The lowest BCUT2D eigenvalue weighted by Crippen LogP contribution is -2.29. The highest BCUT2D eigenvalue weighted by molar-refractivity contribution is 6.31. The molecule has 1 heterocycles. The summed E-state index contributed by atoms with van der Waals surface area (Å²) >= 11 is 5.53. The number of nitrogens with zero attached hydrogens (tertiary/aromatic N) is 1. The fourth-order valence-electron chi connectivity index (χ4n) is 1.80. The molecule has 1 amide bonds. The molecular formula is C15H13ClF3N3O. The van der Waals surface area contributed by atoms with Crippen molar-refractivity contribution in [1.82, 2.24) is 10.3 Å². The highest BCUT2D eigenvalue weighted by Gasteiger charge is 2.33. The second-order valence-corrected chi connectivity index (χ2v) is 5.09. The Morgan fingerprint density at radius 2 is 2.04 bits per heavy atom. The van der Waals surface area contributed by atoms with Gasteiger partial charge in [-0.15, -0.1) is 0 Å². The third-order valence-corrected chi connectivity index (χ3v) is 3.27. The Hall–Kier alpha value is -2.28. The van der Waals surface area contributed by atoms with E-state index in [-0.39, 0.29) is 23.2 Å². The third kappa shape index (κ3) is 5.14. The topological polar surface area (TPSA) is 54.0 Å². The van der Waals surface area contributed by atoms with Crippen molar-refractivity contribution in [2.45, 2.75) is 12.7 Å². The zero-order valence-corrected chi connectivity index (χ0v) is 12.6. The third-order valence-electron chi connectivity index (χ3n) is 2.94. The summed E-state index contributed by atoms with van der Waals surface area (Å²) in [6, 6.07) is 6.94. The maximum atomic E-state index is 12.7. The maximum absolute atomic E-state index is 12.7. The molecule has 0 atom stereocenters. The monoisotopic (exact) mass is 343 g/mol. The van der Waals surface area contributed by atoms with Gasteiger partial charge in [0.1, 0.15) is 0 Å². The van der Waals surface area contributed by atoms with Gasteiger partial charge in [-0.3, -0.25) is 9.78 Å². The summed E-state index contributed by atoms with van der Waals surface area (Å²) in [7, 11) is 0. The van der Waals surface area contributed by atoms with Crippen LogP contribution in [0, 0.1) is 0 Å². The van der Waals surface area contributed by atoms with Crippen molar-refractivity contribution >= 4 is 23.2 Å². The Kier molecular flexibility index (Phi) is 5.44. The second kappa shape index (κ2) is 7.32. The molecule has 8 heteroatoms. The van der Waals surface area contributed by atoms with Gasteiger partial charge in [0.15, 0.2) is 0 Å². The standard InChI is InChI=1S/C15H13ClF3N3O/c16-13-4-3-11(6-12(13)15(17,18)19)21-9-14(23)22-8-10-2-1-5-20-7-10/h1-7,21H,8-9H2,(H,22,23). The van der Waals surface area contributed by atoms with Gasteiger partial charge in [-0.05, 0) is 29.8 Å². The van der Waals surface area contributed by atoms with E-state index >= 15 is 0 Å². The molecule has 0 unspecified atom stereocenters. The molecule has 1 aromatic carbocycles. The van der Waals surface area contributed by atoms with Gasteiger partial charge in [0.05, 0.1) is 17.1 Å². The smallest absolute Gasteiger partial charge is 0.376 e. The van der Waals surface area contributed by atoms with E-state index in [0.29, 0.717) is 6.54 Å². The molecule has 0 aliphatic rings. The van der Waals surface area contributed by atoms with Crippen LogP contribution in [0.2, 0.25) is 5.02 Å². The first kappa shape index (κ1) is 17.1. The van der Waals surface area contributed by atoms with E-state index in [0.717, 1.165) is 17.7 Å². The van der Waals surface area contributed by atoms with Crippen molar-refractivity contribution in [3.05, 3.63) is 58.9 Å². The largest absolute Gasteiger partial charge is 0.417 e. The summed E-state index contributed by atoms with van der Waals surface area (Å²) in [6.07, 6.45) is -1.31. The van der Waals surface area contributed by atoms with E-state index in [4.69, 9.17) is 11.6 Å². The number of anilines is 1. The minimum absolute atomic E-state index is 0.154. The number of pyridine rings is 1. The van der Waals surface area contributed by atoms with Gasteiger partial charge in [-0.2, -0.15) is 13.2 Å². The molecule has 23 heavy (non-hydrogen) atoms. The SMILES string of the molecule is O=C(CNc1ccc(Cl)c(C(F)(F)F)c1)NCc1cccnc1. The number of carbonyl (C=O) groups is 1. The summed E-state index contributed by atoms with van der Waals surface area (Å²) in [5, 5.41) is 4.88. The van der Waals surface area contributed by atoms with Gasteiger partial charge in [0.2, 0.25) is 5.91 Å². The first-order chi connectivity index (χ1) is 10.9. The van der Waals surface area contributed by atoms with Crippen LogP contribution < -0.4 is 10.6 Å². The van der Waals surface area contributed by atoms with Crippen molar-refractivity contribution in [3.8, 4) is 0 Å². The number of nitrogens with one attached hydrogen (secondary N) is 2. The predicted molar refractivity (Wildman–Crippen MR) is 81.0 cm³/mol. The van der Waals surface area contributed by atoms with E-state index in [2.05, 4.69) is 15.6 Å². The molecule has 2 aromatic rings. The first-order valence-corrected chi connectivity index (χ1v) is 7.00. The minimum Gasteiger partial charge on any atom is -0.376 e. The van der Waals surface area contributed by atoms with Crippen molar-refractivity contribution in [1.29, 1.82) is 0 Å². The zero-order valence-electron chi connectivity index (χ0n) is 11.8. The molecule has 0 fully saturated rings. The number of alkyl halides is 3. The van der Waals surface area contributed by atoms with Gasteiger partial charge in [-0.25, -0.2) is 0 Å². The van der Waals surface area contributed by atoms with Crippen LogP contribution in [0.5, 0.6) is 0 Å². The van der Waals surface area contributed by atoms with Crippen molar-refractivity contribution in [2.75, 3.05) is 11.9 Å². The fraction of sp³-hybridized carbons (Fsp3) is 0.200. The van der Waals surface area contributed by atoms with E-state index in [1.165, 1.54) is 6.07 Å². The van der Waals surface area contributed by atoms with Crippen molar-refractivity contribution in [2.24, 2.45) is 0 Å². The van der Waals surface area contributed by atoms with Gasteiger partial charge >= 0.3 is 6.18 Å². The van der Waals surface area contributed by atoms with Crippen LogP contribution in [0.15, 0.2) is 42.7 Å². The maximum Gasteiger partial charge on any atom is 0.417 e. The van der Waals surface area contributed by atoms with Crippen molar-refractivity contribution in [3.63, 3.8) is 0 Å². The summed E-state index contributed by atoms with van der Waals surface area (Å²) in [5.74, 6) is -0.350. The number of amides is 1. The zero-order chi connectivity index (χ0) is 16.9. The lowest BCUT2D eigenvalue weighted by molar-refractivity contribution is -0.137. The van der Waals surface area contributed by atoms with Crippen LogP contribution in [0.25, 0.3) is 0 Å². The molecular weight excluding hydrogens is 331 g/mol. The fourth-order valence-corrected chi connectivity index (χ4v) is 2.03. The first-order valence-electron chi connectivity index (χ1n) is 6.62. The Balaban J connectivity index is 1.89. The summed E-state index contributed by atoms with van der Waals surface area (Å²) in [5.41, 5.74) is 0.0462. The Morgan fingerprint density at radius 3 is 2.70 bits per heavy atom. The number of rotatable bonds is 5. The van der Waals surface area contributed by atoms with Gasteiger partial charge < -0.3 is 10.6 Å². The number of aromatic nitrogens is 1. The highest BCUT2D eigenvalue weighted by atomic mass is 35.5. The molecule has 0 spiro atoms. The molecule has 0 aliphatic heterocycles. The van der Waals surface area contributed by atoms with Gasteiger partial charge in [0.25, 0.3) is 0 Å². The Labute approximate surface area is 135 Å². The van der Waals surface area contributed by atoms with E-state index in [1.54, 1.807) is 24.5 Å². The molecule has 122 valence electrons. The second-order valence-electron chi connectivity index (χ2n) is 4.68. The molecule has 0 aliphatic carbocycles. The minimum atomic E-state index is -4.54. The van der Waals surface area contributed by atoms with Crippen LogP contribution in [0.3, 0.4) is 0 Å². The average molecular weight is 344 g/mol. The molecule has 0 radical (unpaired) electrons. The average Bonchev–Trinajstić information content (AvgIpc) is 2.52. The lowest BCUT2D eigenvalue weighted by atomic mass is 10.2. The van der Waals surface area contributed by atoms with Crippen LogP contribution in [0.4, 0.5) is 18.9 Å². The quantitative estimate of drug-likeness (QED) is 0.874. The van der Waals surface area contributed by atoms with Crippen LogP contribution >= 0.6 is 11.6 Å². The highest BCUT2D eigenvalue weighted by Crippen LogP contribution is 2.36. The van der Waals surface area contributed by atoms with Gasteiger partial charge in [-0.1, -0.05) is 17.7 Å². The molecule has 2 N–H and O–H groups in total. The number of hydrogen-bond acceptors (Lipinski definition) is 3. The Bertz CT molecular complexity index is 677. The molecule has 0 saturated carbocycles. The predicted octanol–water partition coefficient (Wildman–Crippen LogP) is 3.48. The molecule has 0 saturated heterocycles. The summed E-state index contributed by atoms with van der Waals surface area (Å²) < 4.78 is 38.2. The summed E-state index contributed by atoms with van der Waals surface area (Å²) in [6.45, 7) is 0.141. The normalized spacial score (nSPS) is 11.1. The van der Waals surface area contributed by atoms with Crippen LogP contribution in [-0.2, 0) is 17.5 Å². The summed E-state index contributed by atoms with van der Waals surface area (Å²) in [4.78, 5) is 15.6. The van der Waals surface area contributed by atoms with Crippen LogP contribution in [0.1, 0.15) is 11.1 Å². The number of hydrogen-bond donors (Lipinski definition) is 2. The molecule has 1 aromatic heterocycles. The van der Waals surface area contributed by atoms with Crippen LogP contribution in [-0.4, -0.2) is 17.4 Å². The van der Waals surface area contributed by atoms with E-state index in [1.807, 2.05) is 0 Å². The number of halogens is 4. The molecule has 0 bridgehead atoms.